The van der Waals surface area contributed by atoms with Gasteiger partial charge < -0.3 is 4.74 Å². The number of nitrogens with zero attached hydrogens (tertiary/aromatic N) is 2. The maximum absolute atomic E-state index is 12.7. The van der Waals surface area contributed by atoms with Crippen molar-refractivity contribution < 1.29 is 19.2 Å². The molecular weight excluding hydrogens is 360 g/mol. The van der Waals surface area contributed by atoms with Gasteiger partial charge in [-0.1, -0.05) is 35.9 Å². The number of methoxy groups -OCH3 is 1. The van der Waals surface area contributed by atoms with E-state index in [1.807, 2.05) is 0 Å². The lowest BCUT2D eigenvalue weighted by atomic mass is 10.0. The Morgan fingerprint density at radius 3 is 2.08 bits per heavy atom. The molecular formula is C18H15ClN2O5. The lowest BCUT2D eigenvalue weighted by molar-refractivity contribution is -0.487. The van der Waals surface area contributed by atoms with Crippen molar-refractivity contribution in [1.29, 1.82) is 0 Å². The molecule has 1 heterocycles. The third-order valence-corrected chi connectivity index (χ3v) is 4.55. The maximum Gasteiger partial charge on any atom is 0.262 e. The SMILES string of the molecule is CO[C@@H](c1ccc(Cl)cc1)[C@@H](C[N+](=O)[O-])N1C(=O)c2ccccc2C1=O. The molecule has 2 amide bonds. The fourth-order valence-electron chi connectivity index (χ4n) is 3.14. The van der Waals surface area contributed by atoms with Gasteiger partial charge in [-0.05, 0) is 29.8 Å². The third-order valence-electron chi connectivity index (χ3n) is 4.30. The Morgan fingerprint density at radius 2 is 1.62 bits per heavy atom. The van der Waals surface area contributed by atoms with Gasteiger partial charge in [-0.3, -0.25) is 24.6 Å². The average Bonchev–Trinajstić information content (AvgIpc) is 2.87. The Labute approximate surface area is 154 Å². The van der Waals surface area contributed by atoms with E-state index in [1.54, 1.807) is 36.4 Å². The zero-order valence-corrected chi connectivity index (χ0v) is 14.6. The van der Waals surface area contributed by atoms with Crippen molar-refractivity contribution in [2.45, 2.75) is 12.1 Å². The number of amides is 2. The van der Waals surface area contributed by atoms with Crippen molar-refractivity contribution >= 4 is 23.4 Å². The van der Waals surface area contributed by atoms with Gasteiger partial charge in [0.25, 0.3) is 11.8 Å². The number of fused-ring (bicyclic) bond motifs is 1. The number of hydrogen-bond acceptors (Lipinski definition) is 5. The molecule has 8 heteroatoms. The number of benzene rings is 2. The summed E-state index contributed by atoms with van der Waals surface area (Å²) in [5.74, 6) is -1.12. The molecule has 0 aliphatic carbocycles. The van der Waals surface area contributed by atoms with Crippen LogP contribution in [0.2, 0.25) is 5.02 Å². The highest BCUT2D eigenvalue weighted by molar-refractivity contribution is 6.30. The van der Waals surface area contributed by atoms with Crippen LogP contribution in [0.5, 0.6) is 0 Å². The van der Waals surface area contributed by atoms with Gasteiger partial charge in [0.15, 0.2) is 0 Å². The molecule has 0 spiro atoms. The molecule has 1 aliphatic heterocycles. The molecule has 0 fully saturated rings. The van der Waals surface area contributed by atoms with Crippen LogP contribution in [0.4, 0.5) is 0 Å². The molecule has 0 aromatic heterocycles. The largest absolute Gasteiger partial charge is 0.374 e. The third kappa shape index (κ3) is 3.18. The Balaban J connectivity index is 2.03. The summed E-state index contributed by atoms with van der Waals surface area (Å²) in [7, 11) is 1.38. The van der Waals surface area contributed by atoms with E-state index in [1.165, 1.54) is 19.2 Å². The van der Waals surface area contributed by atoms with Crippen LogP contribution in [-0.2, 0) is 4.74 Å². The molecule has 3 rings (SSSR count). The topological polar surface area (TPSA) is 89.8 Å². The molecule has 0 unspecified atom stereocenters. The van der Waals surface area contributed by atoms with Gasteiger partial charge in [-0.25, -0.2) is 0 Å². The smallest absolute Gasteiger partial charge is 0.262 e. The van der Waals surface area contributed by atoms with Crippen molar-refractivity contribution in [2.75, 3.05) is 13.7 Å². The number of carbonyl (C=O) groups is 2. The van der Waals surface area contributed by atoms with Crippen LogP contribution in [0.25, 0.3) is 0 Å². The van der Waals surface area contributed by atoms with Crippen LogP contribution in [0.15, 0.2) is 48.5 Å². The molecule has 26 heavy (non-hydrogen) atoms. The summed E-state index contributed by atoms with van der Waals surface area (Å²) in [6, 6.07) is 11.8. The molecule has 2 aromatic rings. The minimum atomic E-state index is -1.09. The van der Waals surface area contributed by atoms with Crippen LogP contribution >= 0.6 is 11.6 Å². The summed E-state index contributed by atoms with van der Waals surface area (Å²) in [6.45, 7) is -0.632. The quantitative estimate of drug-likeness (QED) is 0.440. The highest BCUT2D eigenvalue weighted by Crippen LogP contribution is 2.32. The molecule has 0 N–H and O–H groups in total. The molecule has 0 bridgehead atoms. The molecule has 7 nitrogen and oxygen atoms in total. The van der Waals surface area contributed by atoms with Gasteiger partial charge in [0.2, 0.25) is 6.54 Å². The average molecular weight is 375 g/mol. The van der Waals surface area contributed by atoms with Crippen LogP contribution in [0.1, 0.15) is 32.4 Å². The second kappa shape index (κ2) is 7.23. The van der Waals surface area contributed by atoms with E-state index in [0.29, 0.717) is 10.6 Å². The molecule has 0 saturated carbocycles. The van der Waals surface area contributed by atoms with Crippen LogP contribution < -0.4 is 0 Å². The second-order valence-corrected chi connectivity index (χ2v) is 6.25. The molecule has 1 aliphatic rings. The van der Waals surface area contributed by atoms with Crippen LogP contribution in [-0.4, -0.2) is 41.3 Å². The standard InChI is InChI=1S/C18H15ClN2O5/c1-26-16(11-6-8-12(19)9-7-11)15(10-20(24)25)21-17(22)13-4-2-3-5-14(13)18(21)23/h2-9,15-16H,10H2,1H3/t15-,16+/m1/s1. The minimum absolute atomic E-state index is 0.233. The molecule has 0 saturated heterocycles. The first kappa shape index (κ1) is 18.0. The van der Waals surface area contributed by atoms with Gasteiger partial charge in [0, 0.05) is 17.1 Å². The number of carbonyl (C=O) groups excluding carboxylic acids is 2. The van der Waals surface area contributed by atoms with Gasteiger partial charge >= 0.3 is 0 Å². The minimum Gasteiger partial charge on any atom is -0.374 e. The number of nitro groups is 1. The van der Waals surface area contributed by atoms with E-state index in [9.17, 15) is 19.7 Å². The lowest BCUT2D eigenvalue weighted by Crippen LogP contribution is -2.47. The Bertz CT molecular complexity index is 833. The van der Waals surface area contributed by atoms with E-state index in [-0.39, 0.29) is 11.1 Å². The first-order valence-electron chi connectivity index (χ1n) is 7.81. The zero-order valence-electron chi connectivity index (χ0n) is 13.8. The van der Waals surface area contributed by atoms with Crippen molar-refractivity contribution in [3.05, 3.63) is 80.4 Å². The Kier molecular flexibility index (Phi) is 5.01. The predicted octanol–water partition coefficient (Wildman–Crippen LogP) is 2.97. The zero-order chi connectivity index (χ0) is 18.8. The van der Waals surface area contributed by atoms with Crippen LogP contribution in [0.3, 0.4) is 0 Å². The Hall–Kier alpha value is -2.77. The van der Waals surface area contributed by atoms with Crippen molar-refractivity contribution in [2.24, 2.45) is 0 Å². The lowest BCUT2D eigenvalue weighted by Gasteiger charge is -2.30. The van der Waals surface area contributed by atoms with Gasteiger partial charge in [-0.2, -0.15) is 0 Å². The van der Waals surface area contributed by atoms with Gasteiger partial charge in [0.05, 0.1) is 11.1 Å². The van der Waals surface area contributed by atoms with E-state index in [0.717, 1.165) is 4.90 Å². The van der Waals surface area contributed by atoms with E-state index in [4.69, 9.17) is 16.3 Å². The van der Waals surface area contributed by atoms with Gasteiger partial charge in [0.1, 0.15) is 12.1 Å². The molecule has 0 radical (unpaired) electrons. The monoisotopic (exact) mass is 374 g/mol. The normalized spacial score (nSPS) is 15.7. The predicted molar refractivity (Wildman–Crippen MR) is 93.8 cm³/mol. The summed E-state index contributed by atoms with van der Waals surface area (Å²) in [5, 5.41) is 11.7. The first-order valence-corrected chi connectivity index (χ1v) is 8.18. The van der Waals surface area contributed by atoms with Crippen LogP contribution in [0, 0.1) is 10.1 Å². The summed E-state index contributed by atoms with van der Waals surface area (Å²) < 4.78 is 5.45. The fraction of sp³-hybridized carbons (Fsp3) is 0.222. The number of rotatable bonds is 6. The summed E-state index contributed by atoms with van der Waals surface area (Å²) in [6.07, 6.45) is -0.861. The Morgan fingerprint density at radius 1 is 1.08 bits per heavy atom. The summed E-state index contributed by atoms with van der Waals surface area (Å²) >= 11 is 5.89. The highest BCUT2D eigenvalue weighted by atomic mass is 35.5. The van der Waals surface area contributed by atoms with E-state index < -0.39 is 35.4 Å². The van der Waals surface area contributed by atoms with Crippen molar-refractivity contribution in [3.8, 4) is 0 Å². The summed E-state index contributed by atoms with van der Waals surface area (Å²) in [5.41, 5.74) is 1.05. The fourth-order valence-corrected chi connectivity index (χ4v) is 3.27. The van der Waals surface area contributed by atoms with Crippen molar-refractivity contribution in [3.63, 3.8) is 0 Å². The molecule has 134 valence electrons. The molecule has 2 aromatic carbocycles. The van der Waals surface area contributed by atoms with E-state index in [2.05, 4.69) is 0 Å². The maximum atomic E-state index is 12.7. The number of ether oxygens (including phenoxy) is 1. The second-order valence-electron chi connectivity index (χ2n) is 5.82. The van der Waals surface area contributed by atoms with E-state index >= 15 is 0 Å². The highest BCUT2D eigenvalue weighted by Gasteiger charge is 2.45. The number of hydrogen-bond donors (Lipinski definition) is 0. The number of imide groups is 1. The van der Waals surface area contributed by atoms with Crippen molar-refractivity contribution in [1.82, 2.24) is 4.90 Å². The van der Waals surface area contributed by atoms with Gasteiger partial charge in [-0.15, -0.1) is 0 Å². The summed E-state index contributed by atoms with van der Waals surface area (Å²) in [4.78, 5) is 37.1. The number of halogens is 1. The molecule has 2 atom stereocenters. The first-order chi connectivity index (χ1) is 12.4.